The highest BCUT2D eigenvalue weighted by Gasteiger charge is 2.33. The van der Waals surface area contributed by atoms with Crippen LogP contribution in [0.25, 0.3) is 0 Å². The molecule has 0 spiro atoms. The van der Waals surface area contributed by atoms with Crippen LogP contribution in [-0.2, 0) is 26.2 Å². The molecule has 1 aliphatic carbocycles. The third kappa shape index (κ3) is 7.64. The highest BCUT2D eigenvalue weighted by atomic mass is 35.5. The Bertz CT molecular complexity index is 1250. The topological polar surface area (TPSA) is 86.8 Å². The molecule has 2 aromatic rings. The highest BCUT2D eigenvalue weighted by molar-refractivity contribution is 7.92. The molecule has 1 unspecified atom stereocenters. The maximum absolute atomic E-state index is 13.9. The van der Waals surface area contributed by atoms with E-state index in [1.54, 1.807) is 30.3 Å². The molecule has 2 amide bonds. The molecular formula is C28H37Cl2N3O4S. The smallest absolute Gasteiger partial charge is 0.244 e. The Morgan fingerprint density at radius 3 is 2.29 bits per heavy atom. The number of amides is 2. The average Bonchev–Trinajstić information content (AvgIpc) is 3.36. The Balaban J connectivity index is 1.98. The number of halogens is 2. The summed E-state index contributed by atoms with van der Waals surface area (Å²) in [6, 6.07) is 11.5. The molecule has 7 nitrogen and oxygen atoms in total. The molecular weight excluding hydrogens is 545 g/mol. The largest absolute Gasteiger partial charge is 0.352 e. The minimum absolute atomic E-state index is 0.0402. The zero-order valence-electron chi connectivity index (χ0n) is 22.4. The van der Waals surface area contributed by atoms with E-state index in [2.05, 4.69) is 5.32 Å². The van der Waals surface area contributed by atoms with Gasteiger partial charge < -0.3 is 10.2 Å². The van der Waals surface area contributed by atoms with Crippen molar-refractivity contribution in [3.05, 3.63) is 63.6 Å². The van der Waals surface area contributed by atoms with E-state index in [1.165, 1.54) is 4.90 Å². The van der Waals surface area contributed by atoms with Gasteiger partial charge in [0.15, 0.2) is 0 Å². The Kier molecular flexibility index (Phi) is 10.5. The van der Waals surface area contributed by atoms with Crippen LogP contribution in [0, 0.1) is 0 Å². The molecule has 38 heavy (non-hydrogen) atoms. The van der Waals surface area contributed by atoms with E-state index in [1.807, 2.05) is 32.9 Å². The summed E-state index contributed by atoms with van der Waals surface area (Å²) in [6.07, 6.45) is 5.41. The van der Waals surface area contributed by atoms with E-state index >= 15 is 0 Å². The van der Waals surface area contributed by atoms with Crippen molar-refractivity contribution in [3.8, 4) is 0 Å². The first-order valence-corrected chi connectivity index (χ1v) is 15.6. The van der Waals surface area contributed by atoms with Gasteiger partial charge in [-0.3, -0.25) is 13.9 Å². The number of carbonyl (C=O) groups is 2. The summed E-state index contributed by atoms with van der Waals surface area (Å²) in [7, 11) is -3.81. The van der Waals surface area contributed by atoms with Gasteiger partial charge in [0, 0.05) is 12.6 Å². The molecule has 0 aromatic heterocycles. The van der Waals surface area contributed by atoms with Crippen LogP contribution in [0.1, 0.15) is 69.9 Å². The van der Waals surface area contributed by atoms with Crippen LogP contribution in [0.2, 0.25) is 10.0 Å². The first kappa shape index (κ1) is 30.3. The molecule has 208 valence electrons. The van der Waals surface area contributed by atoms with E-state index in [-0.39, 0.29) is 24.4 Å². The van der Waals surface area contributed by atoms with Crippen LogP contribution in [0.4, 0.5) is 5.69 Å². The van der Waals surface area contributed by atoms with Crippen molar-refractivity contribution in [2.45, 2.75) is 77.4 Å². The van der Waals surface area contributed by atoms with Crippen LogP contribution in [0.5, 0.6) is 0 Å². The molecule has 2 aromatic carbocycles. The van der Waals surface area contributed by atoms with Crippen molar-refractivity contribution in [2.75, 3.05) is 17.1 Å². The lowest BCUT2D eigenvalue weighted by molar-refractivity contribution is -0.140. The Morgan fingerprint density at radius 2 is 1.71 bits per heavy atom. The van der Waals surface area contributed by atoms with Crippen molar-refractivity contribution in [2.24, 2.45) is 0 Å². The van der Waals surface area contributed by atoms with Crippen LogP contribution >= 0.6 is 23.2 Å². The maximum Gasteiger partial charge on any atom is 0.244 e. The quantitative estimate of drug-likeness (QED) is 0.366. The molecule has 1 aliphatic rings. The first-order chi connectivity index (χ1) is 17.9. The van der Waals surface area contributed by atoms with Crippen LogP contribution in [-0.4, -0.2) is 50.0 Å². The number of nitrogens with zero attached hydrogens (tertiary/aromatic N) is 2. The molecule has 1 saturated carbocycles. The second-order valence-electron chi connectivity index (χ2n) is 10.2. The molecule has 1 atom stereocenters. The number of sulfonamides is 1. The summed E-state index contributed by atoms with van der Waals surface area (Å²) in [4.78, 5) is 28.8. The fourth-order valence-electron chi connectivity index (χ4n) is 4.92. The fourth-order valence-corrected chi connectivity index (χ4v) is 6.11. The minimum Gasteiger partial charge on any atom is -0.352 e. The Hall–Kier alpha value is -2.29. The second-order valence-corrected chi connectivity index (χ2v) is 12.9. The highest BCUT2D eigenvalue weighted by Crippen LogP contribution is 2.30. The van der Waals surface area contributed by atoms with E-state index in [9.17, 15) is 18.0 Å². The molecule has 10 heteroatoms. The number of anilines is 1. The van der Waals surface area contributed by atoms with Crippen molar-refractivity contribution >= 4 is 50.7 Å². The Morgan fingerprint density at radius 1 is 1.05 bits per heavy atom. The van der Waals surface area contributed by atoms with Gasteiger partial charge in [0.1, 0.15) is 12.6 Å². The summed E-state index contributed by atoms with van der Waals surface area (Å²) < 4.78 is 27.0. The van der Waals surface area contributed by atoms with Gasteiger partial charge in [-0.15, -0.1) is 0 Å². The lowest BCUT2D eigenvalue weighted by atomic mass is 10.0. The van der Waals surface area contributed by atoms with Crippen molar-refractivity contribution < 1.29 is 18.0 Å². The van der Waals surface area contributed by atoms with Gasteiger partial charge in [-0.05, 0) is 54.5 Å². The summed E-state index contributed by atoms with van der Waals surface area (Å²) >= 11 is 12.3. The van der Waals surface area contributed by atoms with Gasteiger partial charge in [0.2, 0.25) is 21.8 Å². The summed E-state index contributed by atoms with van der Waals surface area (Å²) in [5.74, 6) is -0.673. The van der Waals surface area contributed by atoms with Gasteiger partial charge in [-0.2, -0.15) is 0 Å². The number of para-hydroxylation sites is 1. The molecule has 3 rings (SSSR count). The standard InChI is InChI=1S/C28H37Cl2N3O4S/c1-5-25(28(35)31-21-10-6-7-11-21)32(17-20-14-15-23(29)24(30)16-20)27(34)18-33(38(4,36)37)26-13-9-8-12-22(26)19(2)3/h8-9,12-16,19,21,25H,5-7,10-11,17-18H2,1-4H3,(H,31,35). The van der Waals surface area contributed by atoms with Gasteiger partial charge in [-0.25, -0.2) is 8.42 Å². The monoisotopic (exact) mass is 581 g/mol. The predicted molar refractivity (Wildman–Crippen MR) is 154 cm³/mol. The lowest BCUT2D eigenvalue weighted by Gasteiger charge is -2.34. The zero-order chi connectivity index (χ0) is 28.0. The lowest BCUT2D eigenvalue weighted by Crippen LogP contribution is -2.53. The first-order valence-electron chi connectivity index (χ1n) is 13.0. The molecule has 0 aliphatic heterocycles. The summed E-state index contributed by atoms with van der Waals surface area (Å²) in [6.45, 7) is 5.43. The maximum atomic E-state index is 13.9. The number of hydrogen-bond donors (Lipinski definition) is 1. The van der Waals surface area contributed by atoms with Crippen LogP contribution < -0.4 is 9.62 Å². The van der Waals surface area contributed by atoms with Crippen molar-refractivity contribution in [1.82, 2.24) is 10.2 Å². The number of hydrogen-bond acceptors (Lipinski definition) is 4. The zero-order valence-corrected chi connectivity index (χ0v) is 24.7. The van der Waals surface area contributed by atoms with Crippen molar-refractivity contribution in [3.63, 3.8) is 0 Å². The Labute approximate surface area is 236 Å². The number of nitrogens with one attached hydrogen (secondary N) is 1. The minimum atomic E-state index is -3.81. The average molecular weight is 583 g/mol. The van der Waals surface area contributed by atoms with Gasteiger partial charge in [0.25, 0.3) is 0 Å². The normalized spacial score (nSPS) is 14.9. The third-order valence-corrected chi connectivity index (χ3v) is 8.80. The van der Waals surface area contributed by atoms with E-state index in [4.69, 9.17) is 23.2 Å². The number of benzene rings is 2. The molecule has 0 heterocycles. The molecule has 0 bridgehead atoms. The van der Waals surface area contributed by atoms with Gasteiger partial charge >= 0.3 is 0 Å². The molecule has 0 radical (unpaired) electrons. The van der Waals surface area contributed by atoms with Gasteiger partial charge in [-0.1, -0.05) is 81.1 Å². The predicted octanol–water partition coefficient (Wildman–Crippen LogP) is 5.75. The summed E-state index contributed by atoms with van der Waals surface area (Å²) in [5.41, 5.74) is 1.96. The molecule has 0 saturated heterocycles. The third-order valence-electron chi connectivity index (χ3n) is 6.93. The molecule has 1 N–H and O–H groups in total. The van der Waals surface area contributed by atoms with Gasteiger partial charge in [0.05, 0.1) is 22.0 Å². The van der Waals surface area contributed by atoms with Crippen LogP contribution in [0.3, 0.4) is 0 Å². The number of carbonyl (C=O) groups excluding carboxylic acids is 2. The fraction of sp³-hybridized carbons (Fsp3) is 0.500. The van der Waals surface area contributed by atoms with Crippen molar-refractivity contribution in [1.29, 1.82) is 0 Å². The van der Waals surface area contributed by atoms with E-state index in [0.717, 1.165) is 41.8 Å². The van der Waals surface area contributed by atoms with E-state index < -0.39 is 28.5 Å². The number of rotatable bonds is 11. The van der Waals surface area contributed by atoms with Crippen LogP contribution in [0.15, 0.2) is 42.5 Å². The summed E-state index contributed by atoms with van der Waals surface area (Å²) in [5, 5.41) is 3.82. The second kappa shape index (κ2) is 13.2. The molecule has 1 fully saturated rings. The van der Waals surface area contributed by atoms with E-state index in [0.29, 0.717) is 27.7 Å². The SMILES string of the molecule is CCC(C(=O)NC1CCCC1)N(Cc1ccc(Cl)c(Cl)c1)C(=O)CN(c1ccccc1C(C)C)S(C)(=O)=O.